The minimum atomic E-state index is -1.48. The largest absolute Gasteiger partial charge is 0.487 e. The third-order valence-corrected chi connectivity index (χ3v) is 9.25. The first kappa shape index (κ1) is 27.5. The number of rotatable bonds is 8. The normalized spacial score (nSPS) is 36.9. The molecule has 5 N–H and O–H groups in total. The van der Waals surface area contributed by atoms with Gasteiger partial charge in [-0.25, -0.2) is 4.68 Å². The van der Waals surface area contributed by atoms with Gasteiger partial charge in [-0.3, -0.25) is 0 Å². The molecule has 0 bridgehead atoms. The van der Waals surface area contributed by atoms with Gasteiger partial charge >= 0.3 is 0 Å². The van der Waals surface area contributed by atoms with Crippen LogP contribution < -0.4 is 4.74 Å². The summed E-state index contributed by atoms with van der Waals surface area (Å²) in [5.74, 6) is 2.44. The first-order valence-electron chi connectivity index (χ1n) is 13.9. The number of aryl methyl sites for hydroxylation is 1. The molecule has 2 fully saturated rings. The van der Waals surface area contributed by atoms with Crippen molar-refractivity contribution >= 4 is 0 Å². The second-order valence-electron chi connectivity index (χ2n) is 11.6. The van der Waals surface area contributed by atoms with Gasteiger partial charge in [0, 0.05) is 6.61 Å². The highest BCUT2D eigenvalue weighted by atomic mass is 16.6. The fourth-order valence-corrected chi connectivity index (χ4v) is 7.07. The Morgan fingerprint density at radius 1 is 1.13 bits per heavy atom. The summed E-state index contributed by atoms with van der Waals surface area (Å²) in [5, 5.41) is 58.0. The molecule has 10 heteroatoms. The molecular weight excluding hydrogens is 490 g/mol. The number of aromatic nitrogens is 3. The van der Waals surface area contributed by atoms with Gasteiger partial charge in [-0.2, -0.15) is 0 Å². The van der Waals surface area contributed by atoms with Gasteiger partial charge in [0.1, 0.15) is 42.5 Å². The number of nitrogens with zero attached hydrogens (tertiary/aromatic N) is 3. The van der Waals surface area contributed by atoms with E-state index < -0.39 is 37.3 Å². The molecule has 2 heterocycles. The van der Waals surface area contributed by atoms with Crippen LogP contribution in [0.2, 0.25) is 0 Å². The van der Waals surface area contributed by atoms with E-state index in [2.05, 4.69) is 36.3 Å². The van der Waals surface area contributed by atoms with E-state index >= 15 is 0 Å². The van der Waals surface area contributed by atoms with Gasteiger partial charge in [0.05, 0.1) is 12.8 Å². The van der Waals surface area contributed by atoms with E-state index in [4.69, 9.17) is 9.47 Å². The molecule has 1 aliphatic heterocycles. The summed E-state index contributed by atoms with van der Waals surface area (Å²) in [5.41, 5.74) is 3.28. The highest BCUT2D eigenvalue weighted by Crippen LogP contribution is 2.56. The summed E-state index contributed by atoms with van der Waals surface area (Å²) < 4.78 is 12.8. The molecule has 0 unspecified atom stereocenters. The molecular formula is C28H41N3O7. The van der Waals surface area contributed by atoms with Crippen molar-refractivity contribution in [1.29, 1.82) is 0 Å². The topological polar surface area (TPSA) is 150 Å². The molecule has 1 saturated heterocycles. The summed E-state index contributed by atoms with van der Waals surface area (Å²) in [7, 11) is 0. The maximum absolute atomic E-state index is 10.3. The Morgan fingerprint density at radius 2 is 1.95 bits per heavy atom. The van der Waals surface area contributed by atoms with Crippen molar-refractivity contribution in [2.75, 3.05) is 13.2 Å². The molecule has 2 aromatic rings. The molecule has 10 nitrogen and oxygen atoms in total. The summed E-state index contributed by atoms with van der Waals surface area (Å²) in [4.78, 5) is 0. The number of aliphatic hydroxyl groups is 5. The predicted octanol–water partition coefficient (Wildman–Crippen LogP) is 1.68. The maximum atomic E-state index is 10.3. The quantitative estimate of drug-likeness (QED) is 0.343. The van der Waals surface area contributed by atoms with Crippen molar-refractivity contribution in [3.63, 3.8) is 0 Å². The molecule has 0 spiro atoms. The molecule has 1 aromatic carbocycles. The summed E-state index contributed by atoms with van der Waals surface area (Å²) in [6.07, 6.45) is 1.71. The number of hydrogen-bond acceptors (Lipinski definition) is 9. The van der Waals surface area contributed by atoms with Gasteiger partial charge in [0.2, 0.25) is 0 Å². The van der Waals surface area contributed by atoms with Gasteiger partial charge in [0.25, 0.3) is 0 Å². The Morgan fingerprint density at radius 3 is 2.68 bits per heavy atom. The molecule has 2 aliphatic carbocycles. The molecule has 3 aliphatic rings. The van der Waals surface area contributed by atoms with Gasteiger partial charge < -0.3 is 35.0 Å². The van der Waals surface area contributed by atoms with Crippen LogP contribution in [-0.4, -0.2) is 78.2 Å². The molecule has 0 amide bonds. The zero-order valence-electron chi connectivity index (χ0n) is 22.2. The maximum Gasteiger partial charge on any atom is 0.180 e. The van der Waals surface area contributed by atoms with E-state index in [1.165, 1.54) is 22.2 Å². The van der Waals surface area contributed by atoms with Crippen molar-refractivity contribution in [3.05, 3.63) is 41.2 Å². The lowest BCUT2D eigenvalue weighted by Crippen LogP contribution is -2.56. The molecule has 1 aromatic heterocycles. The summed E-state index contributed by atoms with van der Waals surface area (Å²) >= 11 is 0. The zero-order valence-corrected chi connectivity index (χ0v) is 22.2. The number of ether oxygens (including phenoxy) is 2. The van der Waals surface area contributed by atoms with Crippen LogP contribution >= 0.6 is 0 Å². The second-order valence-corrected chi connectivity index (χ2v) is 11.6. The first-order valence-corrected chi connectivity index (χ1v) is 13.9. The van der Waals surface area contributed by atoms with Crippen LogP contribution in [-0.2, 0) is 17.8 Å². The average molecular weight is 532 g/mol. The first-order chi connectivity index (χ1) is 18.3. The van der Waals surface area contributed by atoms with Gasteiger partial charge in [0.15, 0.2) is 6.23 Å². The minimum absolute atomic E-state index is 0.0186. The lowest BCUT2D eigenvalue weighted by molar-refractivity contribution is -0.254. The van der Waals surface area contributed by atoms with Crippen molar-refractivity contribution in [2.24, 2.45) is 17.3 Å². The van der Waals surface area contributed by atoms with Gasteiger partial charge in [-0.05, 0) is 78.5 Å². The third kappa shape index (κ3) is 4.98. The van der Waals surface area contributed by atoms with E-state index in [-0.39, 0.29) is 18.6 Å². The molecule has 0 radical (unpaired) electrons. The Labute approximate surface area is 223 Å². The standard InChI is InChI=1S/C28H41N3O7/c1-3-4-22-21-7-5-16-11-18(6-8-19(16)20(21)9-10-28(22,2)15-33)37-14-17-12-31(30-29-17)27-26(36)25(35)24(34)23(13-32)38-27/h6,8,11-12,20-27,32-36H,3-5,7,9-10,13-15H2,1-2H3/t20-,21-,22+,23-,24-,25+,26-,27-,28-/m1/s1. The van der Waals surface area contributed by atoms with Crippen LogP contribution in [0.5, 0.6) is 5.75 Å². The molecule has 38 heavy (non-hydrogen) atoms. The Bertz CT molecular complexity index is 1090. The van der Waals surface area contributed by atoms with Crippen LogP contribution in [0.15, 0.2) is 24.4 Å². The fraction of sp³-hybridized carbons (Fsp3) is 0.714. The highest BCUT2D eigenvalue weighted by molar-refractivity contribution is 5.40. The van der Waals surface area contributed by atoms with Gasteiger partial charge in [-0.15, -0.1) is 5.10 Å². The fourth-order valence-electron chi connectivity index (χ4n) is 7.07. The van der Waals surface area contributed by atoms with E-state index in [1.54, 1.807) is 6.20 Å². The lowest BCUT2D eigenvalue weighted by atomic mass is 9.54. The number of fused-ring (bicyclic) bond motifs is 3. The Kier molecular flexibility index (Phi) is 8.09. The van der Waals surface area contributed by atoms with E-state index in [9.17, 15) is 25.5 Å². The minimum Gasteiger partial charge on any atom is -0.487 e. The second kappa shape index (κ2) is 11.2. The molecule has 5 rings (SSSR count). The average Bonchev–Trinajstić information content (AvgIpc) is 3.40. The summed E-state index contributed by atoms with van der Waals surface area (Å²) in [6.45, 7) is 4.43. The third-order valence-electron chi connectivity index (χ3n) is 9.25. The number of aliphatic hydroxyl groups excluding tert-OH is 5. The van der Waals surface area contributed by atoms with E-state index in [1.807, 2.05) is 6.07 Å². The Balaban J connectivity index is 1.25. The van der Waals surface area contributed by atoms with Crippen LogP contribution in [0.4, 0.5) is 0 Å². The Hall–Kier alpha value is -2.08. The number of hydrogen-bond donors (Lipinski definition) is 5. The molecule has 1 saturated carbocycles. The van der Waals surface area contributed by atoms with Gasteiger partial charge in [-0.1, -0.05) is 31.5 Å². The van der Waals surface area contributed by atoms with Crippen molar-refractivity contribution in [2.45, 2.75) is 95.5 Å². The highest BCUT2D eigenvalue weighted by Gasteiger charge is 2.47. The zero-order chi connectivity index (χ0) is 27.0. The number of benzene rings is 1. The van der Waals surface area contributed by atoms with E-state index in [0.717, 1.165) is 37.9 Å². The summed E-state index contributed by atoms with van der Waals surface area (Å²) in [6, 6.07) is 6.34. The molecule has 210 valence electrons. The molecule has 9 atom stereocenters. The van der Waals surface area contributed by atoms with Crippen molar-refractivity contribution in [3.8, 4) is 5.75 Å². The van der Waals surface area contributed by atoms with Crippen LogP contribution in [0, 0.1) is 17.3 Å². The monoisotopic (exact) mass is 531 g/mol. The van der Waals surface area contributed by atoms with Crippen molar-refractivity contribution in [1.82, 2.24) is 15.0 Å². The van der Waals surface area contributed by atoms with Crippen LogP contribution in [0.1, 0.15) is 74.9 Å². The van der Waals surface area contributed by atoms with Crippen molar-refractivity contribution < 1.29 is 35.0 Å². The lowest BCUT2D eigenvalue weighted by Gasteiger charge is -2.51. The van der Waals surface area contributed by atoms with Crippen LogP contribution in [0.25, 0.3) is 0 Å². The van der Waals surface area contributed by atoms with Crippen LogP contribution in [0.3, 0.4) is 0 Å². The SMILES string of the molecule is CCC[C@H]1[C@@H]2CCc3cc(OCc4cn([C@@H]5O[C@H](CO)[C@@H](O)[C@H](O)[C@H]5O)nn4)ccc3[C@H]2CC[C@]1(C)CO. The predicted molar refractivity (Wildman–Crippen MR) is 137 cm³/mol. The van der Waals surface area contributed by atoms with E-state index in [0.29, 0.717) is 23.4 Å². The smallest absolute Gasteiger partial charge is 0.180 e.